The summed E-state index contributed by atoms with van der Waals surface area (Å²) in [4.78, 5) is 35.9. The summed E-state index contributed by atoms with van der Waals surface area (Å²) in [6, 6.07) is 11.6. The second-order valence-corrected chi connectivity index (χ2v) is 10.1. The van der Waals surface area contributed by atoms with Gasteiger partial charge in [-0.2, -0.15) is 0 Å². The van der Waals surface area contributed by atoms with Gasteiger partial charge in [-0.15, -0.1) is 22.7 Å². The first-order valence-electron chi connectivity index (χ1n) is 10.7. The van der Waals surface area contributed by atoms with E-state index in [1.807, 2.05) is 39.4 Å². The Hall–Kier alpha value is -2.25. The van der Waals surface area contributed by atoms with E-state index in [9.17, 15) is 9.59 Å². The molecule has 0 saturated carbocycles. The monoisotopic (exact) mass is 439 g/mol. The molecule has 2 aromatic heterocycles. The Morgan fingerprint density at radius 2 is 1.90 bits per heavy atom. The molecule has 3 aromatic rings. The van der Waals surface area contributed by atoms with Crippen LogP contribution in [0.25, 0.3) is 10.2 Å². The van der Waals surface area contributed by atoms with Gasteiger partial charge in [-0.1, -0.05) is 18.2 Å². The Kier molecular flexibility index (Phi) is 5.56. The number of hydrogen-bond acceptors (Lipinski definition) is 5. The molecule has 2 aliphatic rings. The van der Waals surface area contributed by atoms with Crippen molar-refractivity contribution < 1.29 is 9.59 Å². The standard InChI is InChI=1S/C23H25N3O2S2/c27-22(18-9-3-4-13-26(18)23(28)20-11-6-14-29-20)25-12-5-7-16(15-25)21-24-17-8-1-2-10-19(17)30-21/h1-2,6,8,10-11,14,16,18H,3-5,7,9,12-13,15H2/t16-,18-/m1/s1. The molecule has 2 aliphatic heterocycles. The number of hydrogen-bond donors (Lipinski definition) is 0. The number of benzene rings is 1. The number of fused-ring (bicyclic) bond motifs is 1. The smallest absolute Gasteiger partial charge is 0.264 e. The molecule has 5 nitrogen and oxygen atoms in total. The minimum absolute atomic E-state index is 0.00258. The number of nitrogens with zero attached hydrogens (tertiary/aromatic N) is 3. The fourth-order valence-corrected chi connectivity index (χ4v) is 6.40. The zero-order chi connectivity index (χ0) is 20.5. The van der Waals surface area contributed by atoms with E-state index in [2.05, 4.69) is 12.1 Å². The van der Waals surface area contributed by atoms with E-state index in [4.69, 9.17) is 4.98 Å². The lowest BCUT2D eigenvalue weighted by molar-refractivity contribution is -0.138. The van der Waals surface area contributed by atoms with Gasteiger partial charge in [-0.05, 0) is 55.7 Å². The first kappa shape index (κ1) is 19.7. The maximum absolute atomic E-state index is 13.5. The van der Waals surface area contributed by atoms with Crippen molar-refractivity contribution in [1.82, 2.24) is 14.8 Å². The summed E-state index contributed by atoms with van der Waals surface area (Å²) >= 11 is 3.20. The lowest BCUT2D eigenvalue weighted by Crippen LogP contribution is -2.54. The highest BCUT2D eigenvalue weighted by atomic mass is 32.1. The number of piperidine rings is 2. The zero-order valence-corrected chi connectivity index (χ0v) is 18.5. The van der Waals surface area contributed by atoms with E-state index in [0.29, 0.717) is 13.1 Å². The van der Waals surface area contributed by atoms with Crippen molar-refractivity contribution in [3.8, 4) is 0 Å². The number of amides is 2. The van der Waals surface area contributed by atoms with Gasteiger partial charge in [0.1, 0.15) is 6.04 Å². The lowest BCUT2D eigenvalue weighted by Gasteiger charge is -2.40. The van der Waals surface area contributed by atoms with Crippen molar-refractivity contribution in [2.45, 2.75) is 44.1 Å². The molecule has 2 amide bonds. The minimum atomic E-state index is -0.331. The normalized spacial score (nSPS) is 22.4. The molecule has 1 aromatic carbocycles. The topological polar surface area (TPSA) is 53.5 Å². The van der Waals surface area contributed by atoms with E-state index < -0.39 is 0 Å². The van der Waals surface area contributed by atoms with Gasteiger partial charge >= 0.3 is 0 Å². The van der Waals surface area contributed by atoms with Crippen molar-refractivity contribution in [2.75, 3.05) is 19.6 Å². The molecule has 0 N–H and O–H groups in total. The Morgan fingerprint density at radius 1 is 1.00 bits per heavy atom. The SMILES string of the molecule is O=C([C@H]1CCCCN1C(=O)c1cccs1)N1CCC[C@@H](c2nc3ccccc3s2)C1. The fourth-order valence-electron chi connectivity index (χ4n) is 4.63. The highest BCUT2D eigenvalue weighted by molar-refractivity contribution is 7.18. The van der Waals surface area contributed by atoms with Gasteiger partial charge in [0.2, 0.25) is 5.91 Å². The third kappa shape index (κ3) is 3.76. The van der Waals surface area contributed by atoms with Crippen LogP contribution >= 0.6 is 22.7 Å². The molecule has 0 bridgehead atoms. The van der Waals surface area contributed by atoms with E-state index in [1.165, 1.54) is 16.0 Å². The van der Waals surface area contributed by atoms with E-state index in [-0.39, 0.29) is 23.8 Å². The number of carbonyl (C=O) groups excluding carboxylic acids is 2. The summed E-state index contributed by atoms with van der Waals surface area (Å²) in [6.07, 6.45) is 4.78. The molecular weight excluding hydrogens is 414 g/mol. The van der Waals surface area contributed by atoms with Gasteiger partial charge in [0.25, 0.3) is 5.91 Å². The largest absolute Gasteiger partial charge is 0.340 e. The summed E-state index contributed by atoms with van der Waals surface area (Å²) in [5.74, 6) is 0.401. The van der Waals surface area contributed by atoms with Crippen molar-refractivity contribution >= 4 is 44.7 Å². The third-order valence-electron chi connectivity index (χ3n) is 6.17. The van der Waals surface area contributed by atoms with Crippen LogP contribution in [0.4, 0.5) is 0 Å². The Bertz CT molecular complexity index is 1010. The number of aromatic nitrogens is 1. The Morgan fingerprint density at radius 3 is 2.73 bits per heavy atom. The average Bonchev–Trinajstić information content (AvgIpc) is 3.48. The van der Waals surface area contributed by atoms with Crippen LogP contribution in [-0.2, 0) is 4.79 Å². The maximum Gasteiger partial charge on any atom is 0.264 e. The van der Waals surface area contributed by atoms with Gasteiger partial charge in [0.05, 0.1) is 20.1 Å². The summed E-state index contributed by atoms with van der Waals surface area (Å²) in [5.41, 5.74) is 1.04. The van der Waals surface area contributed by atoms with Gasteiger partial charge < -0.3 is 9.80 Å². The predicted molar refractivity (Wildman–Crippen MR) is 121 cm³/mol. The van der Waals surface area contributed by atoms with Crippen molar-refractivity contribution in [1.29, 1.82) is 0 Å². The number of likely N-dealkylation sites (tertiary alicyclic amines) is 2. The molecule has 30 heavy (non-hydrogen) atoms. The Balaban J connectivity index is 1.33. The highest BCUT2D eigenvalue weighted by Gasteiger charge is 2.37. The lowest BCUT2D eigenvalue weighted by atomic mass is 9.95. The van der Waals surface area contributed by atoms with Gasteiger partial charge in [-0.25, -0.2) is 4.98 Å². The third-order valence-corrected chi connectivity index (χ3v) is 8.23. The predicted octanol–water partition coefficient (Wildman–Crippen LogP) is 4.76. The van der Waals surface area contributed by atoms with Gasteiger partial charge in [0, 0.05) is 25.6 Å². The molecule has 0 radical (unpaired) electrons. The van der Waals surface area contributed by atoms with Crippen LogP contribution in [0.5, 0.6) is 0 Å². The number of thiazole rings is 1. The first-order valence-corrected chi connectivity index (χ1v) is 12.4. The van der Waals surface area contributed by atoms with Crippen LogP contribution in [0.1, 0.15) is 52.7 Å². The van der Waals surface area contributed by atoms with Crippen LogP contribution in [0, 0.1) is 0 Å². The van der Waals surface area contributed by atoms with E-state index in [0.717, 1.165) is 54.1 Å². The quantitative estimate of drug-likeness (QED) is 0.591. The van der Waals surface area contributed by atoms with Crippen LogP contribution in [0.3, 0.4) is 0 Å². The van der Waals surface area contributed by atoms with E-state index >= 15 is 0 Å². The van der Waals surface area contributed by atoms with Crippen LogP contribution < -0.4 is 0 Å². The van der Waals surface area contributed by atoms with Crippen molar-refractivity contribution in [3.63, 3.8) is 0 Å². The molecule has 2 fully saturated rings. The second-order valence-electron chi connectivity index (χ2n) is 8.13. The Labute approximate surface area is 184 Å². The molecule has 0 unspecified atom stereocenters. The number of rotatable bonds is 3. The average molecular weight is 440 g/mol. The number of carbonyl (C=O) groups is 2. The molecule has 156 valence electrons. The minimum Gasteiger partial charge on any atom is -0.340 e. The zero-order valence-electron chi connectivity index (χ0n) is 16.8. The molecule has 2 atom stereocenters. The molecule has 0 aliphatic carbocycles. The molecule has 5 rings (SSSR count). The van der Waals surface area contributed by atoms with Crippen LogP contribution in [-0.4, -0.2) is 52.3 Å². The van der Waals surface area contributed by atoms with E-state index in [1.54, 1.807) is 11.3 Å². The van der Waals surface area contributed by atoms with Crippen molar-refractivity contribution in [3.05, 3.63) is 51.7 Å². The summed E-state index contributed by atoms with van der Waals surface area (Å²) < 4.78 is 1.20. The summed E-state index contributed by atoms with van der Waals surface area (Å²) in [5, 5.41) is 3.05. The van der Waals surface area contributed by atoms with Crippen LogP contribution in [0.15, 0.2) is 41.8 Å². The summed E-state index contributed by atoms with van der Waals surface area (Å²) in [6.45, 7) is 2.15. The molecule has 7 heteroatoms. The van der Waals surface area contributed by atoms with Gasteiger partial charge in [0.15, 0.2) is 0 Å². The molecule has 0 spiro atoms. The fraction of sp³-hybridized carbons (Fsp3) is 0.435. The molecule has 4 heterocycles. The van der Waals surface area contributed by atoms with Crippen LogP contribution in [0.2, 0.25) is 0 Å². The highest BCUT2D eigenvalue weighted by Crippen LogP contribution is 2.34. The van der Waals surface area contributed by atoms with Gasteiger partial charge in [-0.3, -0.25) is 9.59 Å². The maximum atomic E-state index is 13.5. The second kappa shape index (κ2) is 8.47. The first-order chi connectivity index (χ1) is 14.7. The van der Waals surface area contributed by atoms with Crippen molar-refractivity contribution in [2.24, 2.45) is 0 Å². The molecular formula is C23H25N3O2S2. The number of thiophene rings is 1. The summed E-state index contributed by atoms with van der Waals surface area (Å²) in [7, 11) is 0. The molecule has 2 saturated heterocycles. The number of para-hydroxylation sites is 1.